The molecule has 0 bridgehead atoms. The summed E-state index contributed by atoms with van der Waals surface area (Å²) in [6.45, 7) is 15.9. The van der Waals surface area contributed by atoms with E-state index in [9.17, 15) is 14.9 Å². The molecule has 1 saturated heterocycles. The smallest absolute Gasteiger partial charge is 0.330 e. The van der Waals surface area contributed by atoms with Crippen LogP contribution in [0.5, 0.6) is 11.5 Å². The molecule has 1 aliphatic rings. The molecule has 5 rings (SSSR count). The summed E-state index contributed by atoms with van der Waals surface area (Å²) >= 11 is 0. The highest BCUT2D eigenvalue weighted by atomic mass is 31.2. The van der Waals surface area contributed by atoms with Gasteiger partial charge in [0.1, 0.15) is 35.4 Å². The SMILES string of the molecule is CCCN(CCC)P(OCCC#N)O[C@@H]1[C@H](O[Si](C)(C)C(C)(C)C)[C@@H](COC(c2ccccc2)(c2ccc(OC)cc2)c2ccc(OC)cc2)O[C@H]1n1cc(F)c(=O)[nH]c1=O. The molecular formula is C45H60FN4O9PSi. The van der Waals surface area contributed by atoms with Gasteiger partial charge in [0.25, 0.3) is 14.1 Å². The highest BCUT2D eigenvalue weighted by Gasteiger charge is 2.54. The van der Waals surface area contributed by atoms with Gasteiger partial charge in [0, 0.05) is 13.1 Å². The van der Waals surface area contributed by atoms with Crippen LogP contribution in [0.1, 0.15) is 76.8 Å². The summed E-state index contributed by atoms with van der Waals surface area (Å²) in [4.78, 5) is 28.1. The minimum Gasteiger partial charge on any atom is -0.497 e. The van der Waals surface area contributed by atoms with Crippen molar-refractivity contribution in [1.82, 2.24) is 14.2 Å². The van der Waals surface area contributed by atoms with E-state index in [1.807, 2.05) is 78.9 Å². The lowest BCUT2D eigenvalue weighted by molar-refractivity contribution is -0.0946. The van der Waals surface area contributed by atoms with E-state index < -0.39 is 64.1 Å². The van der Waals surface area contributed by atoms with Crippen LogP contribution in [0.15, 0.2) is 94.6 Å². The summed E-state index contributed by atoms with van der Waals surface area (Å²) in [6, 6.07) is 27.3. The Morgan fingerprint density at radius 2 is 1.44 bits per heavy atom. The fourth-order valence-electron chi connectivity index (χ4n) is 7.01. The van der Waals surface area contributed by atoms with Gasteiger partial charge in [-0.15, -0.1) is 0 Å². The van der Waals surface area contributed by atoms with Gasteiger partial charge in [-0.1, -0.05) is 89.2 Å². The van der Waals surface area contributed by atoms with Crippen molar-refractivity contribution in [1.29, 1.82) is 5.26 Å². The molecule has 1 N–H and O–H groups in total. The van der Waals surface area contributed by atoms with Crippen molar-refractivity contribution in [3.05, 3.63) is 128 Å². The molecule has 0 radical (unpaired) electrons. The fraction of sp³-hybridized carbons (Fsp3) is 0.489. The number of nitrogens with zero attached hydrogens (tertiary/aromatic N) is 3. The van der Waals surface area contributed by atoms with Gasteiger partial charge in [0.15, 0.2) is 14.5 Å². The zero-order valence-corrected chi connectivity index (χ0v) is 38.6. The van der Waals surface area contributed by atoms with E-state index in [4.69, 9.17) is 32.4 Å². The van der Waals surface area contributed by atoms with Crippen molar-refractivity contribution in [2.24, 2.45) is 0 Å². The number of nitrogens with one attached hydrogen (secondary N) is 1. The van der Waals surface area contributed by atoms with Gasteiger partial charge in [-0.3, -0.25) is 14.3 Å². The predicted octanol–water partition coefficient (Wildman–Crippen LogP) is 8.65. The summed E-state index contributed by atoms with van der Waals surface area (Å²) < 4.78 is 64.3. The van der Waals surface area contributed by atoms with Gasteiger partial charge in [0.05, 0.1) is 46.1 Å². The molecule has 1 unspecified atom stereocenters. The number of ether oxygens (including phenoxy) is 4. The number of aromatic amines is 1. The minimum absolute atomic E-state index is 0.0984. The van der Waals surface area contributed by atoms with Crippen LogP contribution in [0.4, 0.5) is 4.39 Å². The Labute approximate surface area is 360 Å². The maximum atomic E-state index is 15.2. The number of halogens is 1. The van der Waals surface area contributed by atoms with E-state index >= 15 is 4.39 Å². The van der Waals surface area contributed by atoms with Crippen LogP contribution in [0.3, 0.4) is 0 Å². The quantitative estimate of drug-likeness (QED) is 0.0371. The Balaban J connectivity index is 1.72. The lowest BCUT2D eigenvalue weighted by Crippen LogP contribution is -2.51. The molecule has 61 heavy (non-hydrogen) atoms. The third-order valence-corrected chi connectivity index (χ3v) is 17.3. The van der Waals surface area contributed by atoms with Crippen LogP contribution < -0.4 is 20.7 Å². The number of aromatic nitrogens is 2. The highest BCUT2D eigenvalue weighted by molar-refractivity contribution is 7.44. The van der Waals surface area contributed by atoms with Crippen molar-refractivity contribution in [2.75, 3.05) is 40.5 Å². The van der Waals surface area contributed by atoms with Crippen LogP contribution in [0, 0.1) is 17.1 Å². The first-order valence-corrected chi connectivity index (χ1v) is 24.7. The number of hydrogen-bond acceptors (Lipinski definition) is 11. The second-order valence-electron chi connectivity index (χ2n) is 16.4. The zero-order chi connectivity index (χ0) is 44.4. The van der Waals surface area contributed by atoms with E-state index in [0.717, 1.165) is 40.3 Å². The average molecular weight is 879 g/mol. The monoisotopic (exact) mass is 878 g/mol. The molecule has 16 heteroatoms. The van der Waals surface area contributed by atoms with Crippen molar-refractivity contribution >= 4 is 16.8 Å². The van der Waals surface area contributed by atoms with Gasteiger partial charge < -0.3 is 32.4 Å². The Morgan fingerprint density at radius 3 is 1.95 bits per heavy atom. The van der Waals surface area contributed by atoms with Gasteiger partial charge in [-0.2, -0.15) is 9.65 Å². The Hall–Kier alpha value is -4.23. The van der Waals surface area contributed by atoms with Gasteiger partial charge in [0.2, 0.25) is 5.82 Å². The number of methoxy groups -OCH3 is 2. The second-order valence-corrected chi connectivity index (χ2v) is 22.6. The first-order valence-electron chi connectivity index (χ1n) is 20.7. The van der Waals surface area contributed by atoms with Crippen molar-refractivity contribution in [3.8, 4) is 17.6 Å². The number of hydrogen-bond donors (Lipinski definition) is 1. The Kier molecular flexibility index (Phi) is 16.6. The predicted molar refractivity (Wildman–Crippen MR) is 236 cm³/mol. The molecule has 0 aliphatic carbocycles. The standard InChI is InChI=1S/C45H60FN4O9PSi/c1-10-27-49(28-11-2)60(56-29-15-26-47)58-40-39(59-61(8,9)44(3,4)5)38(57-42(40)50-30-37(46)41(51)48-43(50)52)31-55-45(32-16-13-12-14-17-32,33-18-22-35(53-6)23-19-33)34-20-24-36(54-7)25-21-34/h12-14,16-25,30,38-40,42H,10-11,15,27-29,31H2,1-9H3,(H,48,51,52)/t38-,39-,40-,42-,60?/m1/s1. The number of benzene rings is 3. The summed E-state index contributed by atoms with van der Waals surface area (Å²) in [5.41, 5.74) is -0.892. The Bertz CT molecular complexity index is 2110. The first-order chi connectivity index (χ1) is 29.1. The molecule has 2 heterocycles. The fourth-order valence-corrected chi connectivity index (χ4v) is 10.1. The summed E-state index contributed by atoms with van der Waals surface area (Å²) in [6.07, 6.45) is -1.66. The van der Waals surface area contributed by atoms with Crippen molar-refractivity contribution < 1.29 is 36.8 Å². The third kappa shape index (κ3) is 11.1. The van der Waals surface area contributed by atoms with Crippen LogP contribution in [-0.2, 0) is 28.5 Å². The molecule has 4 aromatic rings. The molecule has 1 fully saturated rings. The summed E-state index contributed by atoms with van der Waals surface area (Å²) in [7, 11) is -1.35. The molecular weight excluding hydrogens is 819 g/mol. The molecule has 3 aromatic carbocycles. The molecule has 1 aromatic heterocycles. The summed E-state index contributed by atoms with van der Waals surface area (Å²) in [5.74, 6) is 0.159. The van der Waals surface area contributed by atoms with Crippen molar-refractivity contribution in [2.45, 2.75) is 102 Å². The number of nitriles is 1. The minimum atomic E-state index is -2.70. The number of H-pyrrole nitrogens is 1. The van der Waals surface area contributed by atoms with E-state index in [1.54, 1.807) is 14.2 Å². The molecule has 1 aliphatic heterocycles. The normalized spacial score (nSPS) is 18.9. The average Bonchev–Trinajstić information content (AvgIpc) is 3.57. The molecule has 13 nitrogen and oxygen atoms in total. The van der Waals surface area contributed by atoms with Gasteiger partial charge >= 0.3 is 5.69 Å². The maximum Gasteiger partial charge on any atom is 0.330 e. The Morgan fingerprint density at radius 1 is 0.885 bits per heavy atom. The van der Waals surface area contributed by atoms with E-state index in [0.29, 0.717) is 24.6 Å². The summed E-state index contributed by atoms with van der Waals surface area (Å²) in [5, 5.41) is 9.16. The third-order valence-electron chi connectivity index (χ3n) is 11.2. The highest BCUT2D eigenvalue weighted by Crippen LogP contribution is 2.51. The van der Waals surface area contributed by atoms with Crippen LogP contribution in [0.25, 0.3) is 0 Å². The molecule has 0 amide bonds. The lowest BCUT2D eigenvalue weighted by atomic mass is 9.80. The van der Waals surface area contributed by atoms with Crippen LogP contribution in [-0.4, -0.2) is 81.4 Å². The zero-order valence-electron chi connectivity index (χ0n) is 36.7. The largest absolute Gasteiger partial charge is 0.497 e. The molecule has 330 valence electrons. The maximum absolute atomic E-state index is 15.2. The van der Waals surface area contributed by atoms with Gasteiger partial charge in [-0.25, -0.2) is 9.46 Å². The van der Waals surface area contributed by atoms with E-state index in [1.165, 1.54) is 0 Å². The molecule has 5 atom stereocenters. The molecule has 0 saturated carbocycles. The van der Waals surface area contributed by atoms with E-state index in [2.05, 4.69) is 63.4 Å². The molecule has 0 spiro atoms. The van der Waals surface area contributed by atoms with Crippen molar-refractivity contribution in [3.63, 3.8) is 0 Å². The van der Waals surface area contributed by atoms with E-state index in [-0.39, 0.29) is 24.7 Å². The second kappa shape index (κ2) is 21.2. The van der Waals surface area contributed by atoms with Crippen LogP contribution in [0.2, 0.25) is 18.1 Å². The van der Waals surface area contributed by atoms with Gasteiger partial charge in [-0.05, 0) is 71.9 Å². The topological polar surface area (TPSA) is 146 Å². The lowest BCUT2D eigenvalue weighted by Gasteiger charge is -2.42. The number of rotatable bonds is 21. The van der Waals surface area contributed by atoms with Crippen LogP contribution >= 0.6 is 8.53 Å². The first kappa shape index (κ1) is 47.8.